The van der Waals surface area contributed by atoms with E-state index in [-0.39, 0.29) is 24.7 Å². The highest BCUT2D eigenvalue weighted by molar-refractivity contribution is 5.92. The molecule has 0 spiro atoms. The first-order valence-corrected chi connectivity index (χ1v) is 9.35. The van der Waals surface area contributed by atoms with Gasteiger partial charge in [-0.1, -0.05) is 13.8 Å². The number of methoxy groups -OCH3 is 1. The Hall–Kier alpha value is -2.12. The maximum Gasteiger partial charge on any atom is 0.329 e. The smallest absolute Gasteiger partial charge is 0.329 e. The number of nitrogens with zero attached hydrogens (tertiary/aromatic N) is 1. The molecule has 1 fully saturated rings. The molecule has 0 aromatic rings. The minimum atomic E-state index is -0.766. The van der Waals surface area contributed by atoms with Crippen molar-refractivity contribution in [2.24, 2.45) is 5.92 Å². The fourth-order valence-electron chi connectivity index (χ4n) is 2.90. The molecule has 0 radical (unpaired) electrons. The standard InChI is InChI=1S/C19H32N2O6/c1-12(2)16(20-14(22)9-10-15(23)26-6)17(24)21-11-7-8-13(21)18(25)27-19(3,4)5/h12-13,16H,7-11H2,1-6H3,(H,20,22)/t13-,16-/m0/s1. The molecule has 0 aromatic heterocycles. The average molecular weight is 384 g/mol. The molecule has 1 aliphatic heterocycles. The van der Waals surface area contributed by atoms with E-state index < -0.39 is 35.5 Å². The summed E-state index contributed by atoms with van der Waals surface area (Å²) in [5.41, 5.74) is -0.631. The van der Waals surface area contributed by atoms with Crippen LogP contribution in [0, 0.1) is 5.92 Å². The predicted octanol–water partition coefficient (Wildman–Crippen LogP) is 1.41. The topological polar surface area (TPSA) is 102 Å². The van der Waals surface area contributed by atoms with Crippen molar-refractivity contribution in [2.45, 2.75) is 78.0 Å². The number of amides is 2. The molecule has 154 valence electrons. The first kappa shape index (κ1) is 22.9. The third kappa shape index (κ3) is 7.19. The highest BCUT2D eigenvalue weighted by Gasteiger charge is 2.40. The van der Waals surface area contributed by atoms with Crippen LogP contribution in [0.4, 0.5) is 0 Å². The van der Waals surface area contributed by atoms with Crippen molar-refractivity contribution in [1.82, 2.24) is 10.2 Å². The quantitative estimate of drug-likeness (QED) is 0.666. The number of hydrogen-bond donors (Lipinski definition) is 1. The second-order valence-corrected chi connectivity index (χ2v) is 8.09. The van der Waals surface area contributed by atoms with E-state index in [1.54, 1.807) is 20.8 Å². The summed E-state index contributed by atoms with van der Waals surface area (Å²) in [4.78, 5) is 50.3. The van der Waals surface area contributed by atoms with Crippen LogP contribution in [0.15, 0.2) is 0 Å². The molecule has 8 heteroatoms. The van der Waals surface area contributed by atoms with E-state index in [4.69, 9.17) is 4.74 Å². The van der Waals surface area contributed by atoms with Gasteiger partial charge in [-0.25, -0.2) is 4.79 Å². The molecule has 2 atom stereocenters. The van der Waals surface area contributed by atoms with Crippen LogP contribution in [0.1, 0.15) is 60.3 Å². The van der Waals surface area contributed by atoms with Crippen LogP contribution in [0.5, 0.6) is 0 Å². The Bertz CT molecular complexity index is 567. The number of esters is 2. The number of nitrogens with one attached hydrogen (secondary N) is 1. The summed E-state index contributed by atoms with van der Waals surface area (Å²) >= 11 is 0. The summed E-state index contributed by atoms with van der Waals surface area (Å²) in [5, 5.41) is 2.69. The van der Waals surface area contributed by atoms with Gasteiger partial charge in [-0.2, -0.15) is 0 Å². The van der Waals surface area contributed by atoms with Crippen molar-refractivity contribution < 1.29 is 28.7 Å². The van der Waals surface area contributed by atoms with Gasteiger partial charge >= 0.3 is 11.9 Å². The molecule has 1 N–H and O–H groups in total. The lowest BCUT2D eigenvalue weighted by Gasteiger charge is -2.31. The van der Waals surface area contributed by atoms with Gasteiger partial charge in [0, 0.05) is 13.0 Å². The van der Waals surface area contributed by atoms with E-state index in [9.17, 15) is 19.2 Å². The summed E-state index contributed by atoms with van der Waals surface area (Å²) < 4.78 is 9.95. The largest absolute Gasteiger partial charge is 0.469 e. The van der Waals surface area contributed by atoms with Gasteiger partial charge in [-0.15, -0.1) is 0 Å². The van der Waals surface area contributed by atoms with Crippen LogP contribution < -0.4 is 5.32 Å². The molecule has 0 saturated carbocycles. The summed E-state index contributed by atoms with van der Waals surface area (Å²) in [6.07, 6.45) is 1.14. The van der Waals surface area contributed by atoms with E-state index in [0.717, 1.165) is 0 Å². The number of rotatable bonds is 7. The zero-order valence-electron chi connectivity index (χ0n) is 17.2. The lowest BCUT2D eigenvalue weighted by Crippen LogP contribution is -2.54. The van der Waals surface area contributed by atoms with Gasteiger partial charge in [0.15, 0.2) is 0 Å². The van der Waals surface area contributed by atoms with Gasteiger partial charge in [0.05, 0.1) is 13.5 Å². The normalized spacial score (nSPS) is 18.2. The molecule has 0 bridgehead atoms. The Morgan fingerprint density at radius 2 is 1.78 bits per heavy atom. The molecule has 2 amide bonds. The van der Waals surface area contributed by atoms with Gasteiger partial charge in [-0.3, -0.25) is 14.4 Å². The van der Waals surface area contributed by atoms with E-state index in [1.807, 2.05) is 13.8 Å². The van der Waals surface area contributed by atoms with Gasteiger partial charge in [0.25, 0.3) is 0 Å². The maximum atomic E-state index is 13.0. The fraction of sp³-hybridized carbons (Fsp3) is 0.789. The predicted molar refractivity (Wildman–Crippen MR) is 98.6 cm³/mol. The van der Waals surface area contributed by atoms with Crippen LogP contribution in [0.3, 0.4) is 0 Å². The molecular formula is C19H32N2O6. The zero-order chi connectivity index (χ0) is 20.8. The minimum absolute atomic E-state index is 0.0500. The number of hydrogen-bond acceptors (Lipinski definition) is 6. The summed E-state index contributed by atoms with van der Waals surface area (Å²) in [7, 11) is 1.25. The highest BCUT2D eigenvalue weighted by atomic mass is 16.6. The minimum Gasteiger partial charge on any atom is -0.469 e. The summed E-state index contributed by atoms with van der Waals surface area (Å²) in [6, 6.07) is -1.40. The van der Waals surface area contributed by atoms with Crippen molar-refractivity contribution in [3.8, 4) is 0 Å². The third-order valence-electron chi connectivity index (χ3n) is 4.25. The molecule has 0 aliphatic carbocycles. The molecule has 0 unspecified atom stereocenters. The molecule has 0 aromatic carbocycles. The van der Waals surface area contributed by atoms with Gasteiger partial charge in [0.1, 0.15) is 17.7 Å². The van der Waals surface area contributed by atoms with E-state index in [2.05, 4.69) is 10.1 Å². The van der Waals surface area contributed by atoms with Crippen LogP contribution >= 0.6 is 0 Å². The molecule has 1 heterocycles. The molecule has 1 rings (SSSR count). The maximum absolute atomic E-state index is 13.0. The Morgan fingerprint density at radius 3 is 2.30 bits per heavy atom. The average Bonchev–Trinajstić information content (AvgIpc) is 3.04. The zero-order valence-corrected chi connectivity index (χ0v) is 17.2. The number of carbonyl (C=O) groups excluding carboxylic acids is 4. The molecule has 8 nitrogen and oxygen atoms in total. The number of carbonyl (C=O) groups is 4. The summed E-state index contributed by atoms with van der Waals surface area (Å²) in [5.74, 6) is -1.78. The van der Waals surface area contributed by atoms with Gasteiger partial charge < -0.3 is 19.7 Å². The van der Waals surface area contributed by atoms with Crippen LogP contribution in [0.2, 0.25) is 0 Å². The first-order chi connectivity index (χ1) is 12.5. The lowest BCUT2D eigenvalue weighted by atomic mass is 10.0. The molecular weight excluding hydrogens is 352 g/mol. The van der Waals surface area contributed by atoms with Crippen molar-refractivity contribution in [3.05, 3.63) is 0 Å². The SMILES string of the molecule is COC(=O)CCC(=O)N[C@H](C(=O)N1CCC[C@H]1C(=O)OC(C)(C)C)C(C)C. The Balaban J connectivity index is 2.79. The van der Waals surface area contributed by atoms with E-state index in [0.29, 0.717) is 19.4 Å². The van der Waals surface area contributed by atoms with Gasteiger partial charge in [0.2, 0.25) is 11.8 Å². The summed E-state index contributed by atoms with van der Waals surface area (Å²) in [6.45, 7) is 9.44. The van der Waals surface area contributed by atoms with Gasteiger partial charge in [-0.05, 0) is 39.5 Å². The lowest BCUT2D eigenvalue weighted by molar-refractivity contribution is -0.163. The Kier molecular flexibility index (Phi) is 8.24. The second-order valence-electron chi connectivity index (χ2n) is 8.09. The third-order valence-corrected chi connectivity index (χ3v) is 4.25. The van der Waals surface area contributed by atoms with Crippen LogP contribution in [-0.4, -0.2) is 60.0 Å². The fourth-order valence-corrected chi connectivity index (χ4v) is 2.90. The Labute approximate surface area is 160 Å². The van der Waals surface area contributed by atoms with Crippen LogP contribution in [0.25, 0.3) is 0 Å². The second kappa shape index (κ2) is 9.71. The number of likely N-dealkylation sites (tertiary alicyclic amines) is 1. The molecule has 1 aliphatic rings. The Morgan fingerprint density at radius 1 is 1.15 bits per heavy atom. The van der Waals surface area contributed by atoms with E-state index in [1.165, 1.54) is 12.0 Å². The highest BCUT2D eigenvalue weighted by Crippen LogP contribution is 2.23. The van der Waals surface area contributed by atoms with Crippen molar-refractivity contribution in [3.63, 3.8) is 0 Å². The number of ether oxygens (including phenoxy) is 2. The monoisotopic (exact) mass is 384 g/mol. The van der Waals surface area contributed by atoms with Crippen LogP contribution in [-0.2, 0) is 28.7 Å². The van der Waals surface area contributed by atoms with Crippen molar-refractivity contribution in [1.29, 1.82) is 0 Å². The molecule has 27 heavy (non-hydrogen) atoms. The molecule has 1 saturated heterocycles. The first-order valence-electron chi connectivity index (χ1n) is 9.35. The van der Waals surface area contributed by atoms with Crippen molar-refractivity contribution >= 4 is 23.8 Å². The van der Waals surface area contributed by atoms with E-state index >= 15 is 0 Å². The van der Waals surface area contributed by atoms with Crippen molar-refractivity contribution in [2.75, 3.05) is 13.7 Å².